The molecule has 258 valence electrons. The molecule has 0 heterocycles. The highest BCUT2D eigenvalue weighted by Gasteiger charge is 2.36. The molecule has 2 fully saturated rings. The molecule has 0 aromatic carbocycles. The third-order valence-electron chi connectivity index (χ3n) is 10.9. The number of ether oxygens (including phenoxy) is 2. The first kappa shape index (κ1) is 39.0. The highest BCUT2D eigenvalue weighted by Crippen LogP contribution is 2.36. The number of hydrogen-bond donors (Lipinski definition) is 0. The molecule has 0 amide bonds. The number of hydrogen-bond acceptors (Lipinski definition) is 4. The van der Waals surface area contributed by atoms with Crippen LogP contribution in [0.15, 0.2) is 0 Å². The van der Waals surface area contributed by atoms with Crippen molar-refractivity contribution in [2.75, 3.05) is 54.4 Å². The zero-order chi connectivity index (χ0) is 32.9. The fourth-order valence-electron chi connectivity index (χ4n) is 7.91. The Balaban J connectivity index is 1.53. The van der Waals surface area contributed by atoms with E-state index in [1.165, 1.54) is 64.2 Å². The topological polar surface area (TPSA) is 52.6 Å². The molecule has 0 saturated heterocycles. The highest BCUT2D eigenvalue weighted by molar-refractivity contribution is 5.71. The Hall–Kier alpha value is -1.14. The molecule has 0 spiro atoms. The minimum atomic E-state index is -0.0166. The zero-order valence-electron chi connectivity index (χ0n) is 30.9. The van der Waals surface area contributed by atoms with Gasteiger partial charge in [-0.25, -0.2) is 9.59 Å². The van der Waals surface area contributed by atoms with Crippen molar-refractivity contribution in [3.05, 3.63) is 0 Å². The average Bonchev–Trinajstić information content (AvgIpc) is 2.88. The first-order valence-corrected chi connectivity index (χ1v) is 18.6. The Morgan fingerprint density at radius 2 is 0.886 bits per heavy atom. The maximum absolute atomic E-state index is 12.8. The van der Waals surface area contributed by atoms with Gasteiger partial charge in [0.2, 0.25) is 0 Å². The largest absolute Gasteiger partial charge is 0.458 e. The summed E-state index contributed by atoms with van der Waals surface area (Å²) in [6.07, 6.45) is 17.0. The van der Waals surface area contributed by atoms with E-state index in [0.717, 1.165) is 38.8 Å². The van der Waals surface area contributed by atoms with E-state index in [-0.39, 0.29) is 24.1 Å². The van der Waals surface area contributed by atoms with Gasteiger partial charge in [0.25, 0.3) is 0 Å². The summed E-state index contributed by atoms with van der Waals surface area (Å²) in [7, 11) is 8.68. The van der Waals surface area contributed by atoms with Gasteiger partial charge in [0.15, 0.2) is 13.1 Å². The minimum absolute atomic E-state index is 0.0166. The summed E-state index contributed by atoms with van der Waals surface area (Å²) >= 11 is 0. The van der Waals surface area contributed by atoms with Gasteiger partial charge in [-0.1, -0.05) is 80.1 Å². The molecule has 0 N–H and O–H groups in total. The van der Waals surface area contributed by atoms with Crippen LogP contribution in [0.2, 0.25) is 0 Å². The molecule has 0 bridgehead atoms. The van der Waals surface area contributed by atoms with Gasteiger partial charge in [-0.05, 0) is 86.9 Å². The molecule has 2 aliphatic carbocycles. The van der Waals surface area contributed by atoms with Gasteiger partial charge in [-0.2, -0.15) is 0 Å². The van der Waals surface area contributed by atoms with E-state index in [1.807, 2.05) is 0 Å². The maximum atomic E-state index is 12.8. The lowest BCUT2D eigenvalue weighted by Crippen LogP contribution is -2.47. The van der Waals surface area contributed by atoms with Crippen LogP contribution in [0.3, 0.4) is 0 Å². The van der Waals surface area contributed by atoms with Crippen LogP contribution in [0.1, 0.15) is 131 Å². The summed E-state index contributed by atoms with van der Waals surface area (Å²) in [5, 5.41) is 0. The standard InChI is InChI=1S/C38H74N2O4/c1-29(2)33-21-19-31(5)25-35(33)43-37(41)27-39(7,8)23-17-15-13-11-12-14-16-18-24-40(9,10)28-38(42)44-36-26-32(6)20-22-34(36)30(3)4/h29-36H,11-28H2,1-10H3/q+2/t31-,32-,33-,34-,35-,36-/m1/s1. The van der Waals surface area contributed by atoms with Crippen molar-refractivity contribution in [3.63, 3.8) is 0 Å². The molecule has 0 radical (unpaired) electrons. The van der Waals surface area contributed by atoms with Crippen LogP contribution in [0, 0.1) is 35.5 Å². The van der Waals surface area contributed by atoms with Gasteiger partial charge in [-0.15, -0.1) is 0 Å². The lowest BCUT2D eigenvalue weighted by molar-refractivity contribution is -0.883. The summed E-state index contributed by atoms with van der Waals surface area (Å²) in [6.45, 7) is 16.6. The number of carbonyl (C=O) groups excluding carboxylic acids is 2. The summed E-state index contributed by atoms with van der Waals surface area (Å²) in [4.78, 5) is 25.7. The smallest absolute Gasteiger partial charge is 0.362 e. The van der Waals surface area contributed by atoms with Crippen molar-refractivity contribution in [2.45, 2.75) is 144 Å². The lowest BCUT2D eigenvalue weighted by Gasteiger charge is -2.37. The third-order valence-corrected chi connectivity index (χ3v) is 10.9. The number of rotatable bonds is 19. The molecule has 0 aliphatic heterocycles. The van der Waals surface area contributed by atoms with Gasteiger partial charge in [-0.3, -0.25) is 0 Å². The molecular formula is C38H74N2O4+2. The second-order valence-electron chi connectivity index (χ2n) is 17.2. The Bertz CT molecular complexity index is 771. The van der Waals surface area contributed by atoms with E-state index in [2.05, 4.69) is 69.7 Å². The summed E-state index contributed by atoms with van der Waals surface area (Å²) in [5.74, 6) is 3.42. The van der Waals surface area contributed by atoms with Crippen molar-refractivity contribution < 1.29 is 28.0 Å². The number of carbonyl (C=O) groups is 2. The van der Waals surface area contributed by atoms with Crippen molar-refractivity contribution in [1.29, 1.82) is 0 Å². The Morgan fingerprint density at radius 1 is 0.568 bits per heavy atom. The van der Waals surface area contributed by atoms with Crippen molar-refractivity contribution >= 4 is 11.9 Å². The molecule has 2 rings (SSSR count). The van der Waals surface area contributed by atoms with Crippen molar-refractivity contribution in [1.82, 2.24) is 0 Å². The molecule has 0 aromatic rings. The predicted octanol–water partition coefficient (Wildman–Crippen LogP) is 8.27. The second kappa shape index (κ2) is 18.9. The van der Waals surface area contributed by atoms with Gasteiger partial charge in [0.1, 0.15) is 12.2 Å². The fourth-order valence-corrected chi connectivity index (χ4v) is 7.91. The SMILES string of the molecule is CC(C)[C@H]1CC[C@@H](C)C[C@H]1OC(=O)C[N+](C)(C)CCCCCCCCCC[N+](C)(C)CC(=O)O[C@@H]1C[C@H](C)CC[C@@H]1C(C)C. The fraction of sp³-hybridized carbons (Fsp3) is 0.947. The predicted molar refractivity (Wildman–Crippen MR) is 183 cm³/mol. The molecular weight excluding hydrogens is 548 g/mol. The third kappa shape index (κ3) is 15.0. The number of esters is 2. The Morgan fingerprint density at radius 3 is 1.20 bits per heavy atom. The van der Waals surface area contributed by atoms with Crippen LogP contribution in [-0.4, -0.2) is 87.5 Å². The normalized spacial score (nSPS) is 26.6. The van der Waals surface area contributed by atoms with Crippen LogP contribution >= 0.6 is 0 Å². The average molecular weight is 623 g/mol. The molecule has 2 aliphatic rings. The number of quaternary nitrogens is 2. The number of nitrogens with zero attached hydrogens (tertiary/aromatic N) is 2. The van der Waals surface area contributed by atoms with Crippen molar-refractivity contribution in [3.8, 4) is 0 Å². The summed E-state index contributed by atoms with van der Waals surface area (Å²) in [6, 6.07) is 0. The van der Waals surface area contributed by atoms with Gasteiger partial charge in [0.05, 0.1) is 41.3 Å². The molecule has 6 heteroatoms. The zero-order valence-corrected chi connectivity index (χ0v) is 30.9. The van der Waals surface area contributed by atoms with Crippen molar-refractivity contribution in [2.24, 2.45) is 35.5 Å². The highest BCUT2D eigenvalue weighted by atomic mass is 16.5. The second-order valence-corrected chi connectivity index (χ2v) is 17.2. The monoisotopic (exact) mass is 623 g/mol. The minimum Gasteiger partial charge on any atom is -0.458 e. The van der Waals surface area contributed by atoms with Crippen LogP contribution in [0.5, 0.6) is 0 Å². The molecule has 0 aromatic heterocycles. The first-order chi connectivity index (χ1) is 20.6. The molecule has 0 unspecified atom stereocenters. The van der Waals surface area contributed by atoms with Crippen LogP contribution in [0.4, 0.5) is 0 Å². The van der Waals surface area contributed by atoms with Crippen LogP contribution in [0.25, 0.3) is 0 Å². The van der Waals surface area contributed by atoms with E-state index in [4.69, 9.17) is 9.47 Å². The van der Waals surface area contributed by atoms with Crippen LogP contribution in [-0.2, 0) is 19.1 Å². The Labute approximate surface area is 273 Å². The summed E-state index contributed by atoms with van der Waals surface area (Å²) < 4.78 is 13.6. The number of unbranched alkanes of at least 4 members (excludes halogenated alkanes) is 7. The molecule has 44 heavy (non-hydrogen) atoms. The van der Waals surface area contributed by atoms with E-state index in [0.29, 0.717) is 57.6 Å². The maximum Gasteiger partial charge on any atom is 0.362 e. The summed E-state index contributed by atoms with van der Waals surface area (Å²) in [5.41, 5.74) is 0. The Kier molecular flexibility index (Phi) is 16.7. The molecule has 2 saturated carbocycles. The van der Waals surface area contributed by atoms with Gasteiger partial charge in [0, 0.05) is 0 Å². The van der Waals surface area contributed by atoms with Gasteiger partial charge >= 0.3 is 11.9 Å². The van der Waals surface area contributed by atoms with E-state index in [1.54, 1.807) is 0 Å². The first-order valence-electron chi connectivity index (χ1n) is 18.6. The van der Waals surface area contributed by atoms with E-state index >= 15 is 0 Å². The number of likely N-dealkylation sites (N-methyl/N-ethyl adjacent to an activating group) is 2. The lowest BCUT2D eigenvalue weighted by atomic mass is 9.75. The van der Waals surface area contributed by atoms with Crippen LogP contribution < -0.4 is 0 Å². The molecule has 6 atom stereocenters. The van der Waals surface area contributed by atoms with E-state index in [9.17, 15) is 9.59 Å². The van der Waals surface area contributed by atoms with Gasteiger partial charge < -0.3 is 18.4 Å². The molecule has 6 nitrogen and oxygen atoms in total. The quantitative estimate of drug-likeness (QED) is 0.0827. The van der Waals surface area contributed by atoms with E-state index < -0.39 is 0 Å².